The number of carbonyl (C=O) groups is 1. The molecule has 3 nitrogen and oxygen atoms in total. The first-order chi connectivity index (χ1) is 4.66. The molecule has 0 saturated carbocycles. The molecule has 0 aromatic rings. The number of nitrogens with zero attached hydrogens (tertiary/aromatic N) is 2. The van der Waals surface area contributed by atoms with E-state index in [4.69, 9.17) is 0 Å². The summed E-state index contributed by atoms with van der Waals surface area (Å²) in [7, 11) is 1.85. The molecule has 1 fully saturated rings. The Morgan fingerprint density at radius 1 is 1.70 bits per heavy atom. The predicted octanol–water partition coefficient (Wildman–Crippen LogP) is 0.762. The number of urea groups is 1. The van der Waals surface area contributed by atoms with E-state index in [2.05, 4.69) is 6.92 Å². The quantitative estimate of drug-likeness (QED) is 0.530. The Bertz CT molecular complexity index is 147. The Labute approximate surface area is 61.6 Å². The molecule has 58 valence electrons. The van der Waals surface area contributed by atoms with Crippen LogP contribution in [-0.2, 0) is 0 Å². The van der Waals surface area contributed by atoms with E-state index in [0.29, 0.717) is 6.04 Å². The van der Waals surface area contributed by atoms with E-state index in [0.717, 1.165) is 13.1 Å². The van der Waals surface area contributed by atoms with Crippen LogP contribution < -0.4 is 0 Å². The summed E-state index contributed by atoms with van der Waals surface area (Å²) in [5.74, 6) is 0. The van der Waals surface area contributed by atoms with Crippen molar-refractivity contribution in [2.45, 2.75) is 19.9 Å². The van der Waals surface area contributed by atoms with E-state index in [1.807, 2.05) is 18.9 Å². The number of likely N-dealkylation sites (N-methyl/N-ethyl adjacent to an activating group) is 2. The molecule has 2 amide bonds. The predicted molar refractivity (Wildman–Crippen MR) is 39.9 cm³/mol. The van der Waals surface area contributed by atoms with E-state index in [1.165, 1.54) is 0 Å². The first-order valence-electron chi connectivity index (χ1n) is 3.68. The molecule has 1 heterocycles. The monoisotopic (exact) mass is 142 g/mol. The second-order valence-electron chi connectivity index (χ2n) is 2.78. The van der Waals surface area contributed by atoms with Gasteiger partial charge in [-0.15, -0.1) is 0 Å². The van der Waals surface area contributed by atoms with Crippen molar-refractivity contribution in [3.8, 4) is 0 Å². The number of amides is 2. The van der Waals surface area contributed by atoms with Crippen LogP contribution in [0.3, 0.4) is 0 Å². The van der Waals surface area contributed by atoms with Crippen molar-refractivity contribution in [3.63, 3.8) is 0 Å². The normalized spacial score (nSPS) is 26.3. The third-order valence-corrected chi connectivity index (χ3v) is 2.10. The van der Waals surface area contributed by atoms with E-state index in [-0.39, 0.29) is 6.03 Å². The van der Waals surface area contributed by atoms with Crippen molar-refractivity contribution in [2.24, 2.45) is 0 Å². The molecule has 0 aromatic carbocycles. The first-order valence-corrected chi connectivity index (χ1v) is 3.68. The maximum absolute atomic E-state index is 11.2. The van der Waals surface area contributed by atoms with Crippen molar-refractivity contribution in [3.05, 3.63) is 0 Å². The summed E-state index contributed by atoms with van der Waals surface area (Å²) in [4.78, 5) is 14.8. The van der Waals surface area contributed by atoms with E-state index >= 15 is 0 Å². The van der Waals surface area contributed by atoms with Crippen molar-refractivity contribution >= 4 is 6.03 Å². The Balaban J connectivity index is 2.62. The summed E-state index contributed by atoms with van der Waals surface area (Å²) >= 11 is 0. The lowest BCUT2D eigenvalue weighted by atomic mass is 10.3. The van der Waals surface area contributed by atoms with Crippen molar-refractivity contribution < 1.29 is 4.79 Å². The molecule has 0 aromatic heterocycles. The van der Waals surface area contributed by atoms with Gasteiger partial charge in [-0.1, -0.05) is 0 Å². The van der Waals surface area contributed by atoms with Gasteiger partial charge in [-0.25, -0.2) is 4.79 Å². The molecule has 10 heavy (non-hydrogen) atoms. The molecule has 1 rings (SSSR count). The smallest absolute Gasteiger partial charge is 0.320 e. The second kappa shape index (κ2) is 2.48. The van der Waals surface area contributed by atoms with Gasteiger partial charge in [-0.05, 0) is 13.8 Å². The van der Waals surface area contributed by atoms with Crippen LogP contribution in [0.5, 0.6) is 0 Å². The highest BCUT2D eigenvalue weighted by Gasteiger charge is 2.29. The number of hydrogen-bond donors (Lipinski definition) is 0. The Kier molecular flexibility index (Phi) is 1.83. The SMILES string of the molecule is CCN1C[C@H](C)N(C)C1=O. The Hall–Kier alpha value is -0.730. The maximum atomic E-state index is 11.2. The largest absolute Gasteiger partial charge is 0.323 e. The minimum atomic E-state index is 0.162. The highest BCUT2D eigenvalue weighted by Crippen LogP contribution is 2.11. The minimum absolute atomic E-state index is 0.162. The molecule has 0 aliphatic carbocycles. The lowest BCUT2D eigenvalue weighted by molar-refractivity contribution is 0.198. The molecule has 1 aliphatic rings. The molecule has 0 spiro atoms. The summed E-state index contributed by atoms with van der Waals surface area (Å²) in [5, 5.41) is 0. The van der Waals surface area contributed by atoms with Crippen LogP contribution in [-0.4, -0.2) is 42.0 Å². The summed E-state index contributed by atoms with van der Waals surface area (Å²) in [6, 6.07) is 0.544. The average Bonchev–Trinajstić information content (AvgIpc) is 2.17. The second-order valence-corrected chi connectivity index (χ2v) is 2.78. The molecule has 0 N–H and O–H groups in total. The zero-order valence-corrected chi connectivity index (χ0v) is 6.79. The third-order valence-electron chi connectivity index (χ3n) is 2.10. The van der Waals surface area contributed by atoms with E-state index in [9.17, 15) is 4.79 Å². The van der Waals surface area contributed by atoms with Crippen molar-refractivity contribution in [1.29, 1.82) is 0 Å². The fraction of sp³-hybridized carbons (Fsp3) is 0.857. The van der Waals surface area contributed by atoms with E-state index in [1.54, 1.807) is 4.90 Å². The number of rotatable bonds is 1. The zero-order valence-electron chi connectivity index (χ0n) is 6.79. The van der Waals surface area contributed by atoms with E-state index < -0.39 is 0 Å². The van der Waals surface area contributed by atoms with Gasteiger partial charge in [0.15, 0.2) is 0 Å². The third kappa shape index (κ3) is 0.958. The van der Waals surface area contributed by atoms with Crippen LogP contribution in [0.4, 0.5) is 4.79 Å². The highest BCUT2D eigenvalue weighted by molar-refractivity contribution is 5.76. The average molecular weight is 142 g/mol. The molecule has 0 unspecified atom stereocenters. The molecular weight excluding hydrogens is 128 g/mol. The van der Waals surface area contributed by atoms with Gasteiger partial charge < -0.3 is 9.80 Å². The standard InChI is InChI=1S/C7H14N2O/c1-4-9-5-6(2)8(3)7(9)10/h6H,4-5H2,1-3H3/t6-/m0/s1. The summed E-state index contributed by atoms with van der Waals surface area (Å²) in [6.07, 6.45) is 0. The van der Waals surface area contributed by atoms with Gasteiger partial charge in [-0.3, -0.25) is 0 Å². The lowest BCUT2D eigenvalue weighted by Crippen LogP contribution is -2.30. The van der Waals surface area contributed by atoms with Crippen LogP contribution in [0, 0.1) is 0 Å². The highest BCUT2D eigenvalue weighted by atomic mass is 16.2. The number of carbonyl (C=O) groups excluding carboxylic acids is 1. The number of hydrogen-bond acceptors (Lipinski definition) is 1. The minimum Gasteiger partial charge on any atom is -0.323 e. The zero-order chi connectivity index (χ0) is 7.72. The summed E-state index contributed by atoms with van der Waals surface area (Å²) in [6.45, 7) is 5.77. The van der Waals surface area contributed by atoms with Crippen LogP contribution in [0.2, 0.25) is 0 Å². The van der Waals surface area contributed by atoms with Crippen molar-refractivity contribution in [1.82, 2.24) is 9.80 Å². The molecular formula is C7H14N2O. The topological polar surface area (TPSA) is 23.6 Å². The molecule has 0 bridgehead atoms. The molecule has 1 aliphatic heterocycles. The van der Waals surface area contributed by atoms with Crippen LogP contribution in [0.15, 0.2) is 0 Å². The fourth-order valence-electron chi connectivity index (χ4n) is 1.20. The molecule has 0 radical (unpaired) electrons. The van der Waals surface area contributed by atoms with Gasteiger partial charge in [0.2, 0.25) is 0 Å². The van der Waals surface area contributed by atoms with Gasteiger partial charge in [0, 0.05) is 26.2 Å². The van der Waals surface area contributed by atoms with Gasteiger partial charge in [0.05, 0.1) is 0 Å². The summed E-state index contributed by atoms with van der Waals surface area (Å²) in [5.41, 5.74) is 0. The van der Waals surface area contributed by atoms with Crippen molar-refractivity contribution in [2.75, 3.05) is 20.1 Å². The molecule has 1 atom stereocenters. The lowest BCUT2D eigenvalue weighted by Gasteiger charge is -2.13. The van der Waals surface area contributed by atoms with Gasteiger partial charge in [0.25, 0.3) is 0 Å². The summed E-state index contributed by atoms with van der Waals surface area (Å²) < 4.78 is 0. The van der Waals surface area contributed by atoms with Crippen LogP contribution in [0.1, 0.15) is 13.8 Å². The Morgan fingerprint density at radius 2 is 2.30 bits per heavy atom. The Morgan fingerprint density at radius 3 is 2.50 bits per heavy atom. The first kappa shape index (κ1) is 7.38. The van der Waals surface area contributed by atoms with Crippen LogP contribution in [0.25, 0.3) is 0 Å². The van der Waals surface area contributed by atoms with Crippen LogP contribution >= 0.6 is 0 Å². The maximum Gasteiger partial charge on any atom is 0.320 e. The van der Waals surface area contributed by atoms with Gasteiger partial charge >= 0.3 is 6.03 Å². The van der Waals surface area contributed by atoms with Gasteiger partial charge in [0.1, 0.15) is 0 Å². The molecule has 1 saturated heterocycles. The fourth-order valence-corrected chi connectivity index (χ4v) is 1.20. The molecule has 3 heteroatoms. The van der Waals surface area contributed by atoms with Gasteiger partial charge in [-0.2, -0.15) is 0 Å².